The minimum Gasteiger partial charge on any atom is -0.380 e. The maximum absolute atomic E-state index is 6.17. The highest BCUT2D eigenvalue weighted by Gasteiger charge is 2.24. The molecule has 0 aromatic carbocycles. The second kappa shape index (κ2) is 7.49. The summed E-state index contributed by atoms with van der Waals surface area (Å²) in [6, 6.07) is 0. The number of hydrogen-bond acceptors (Lipinski definition) is 2. The van der Waals surface area contributed by atoms with Crippen molar-refractivity contribution in [1.29, 1.82) is 0 Å². The Labute approximate surface area is 92.3 Å². The molecule has 0 bridgehead atoms. The molecule has 1 N–H and O–H groups in total. The Morgan fingerprint density at radius 2 is 2.21 bits per heavy atom. The molecule has 2 unspecified atom stereocenters. The highest BCUT2D eigenvalue weighted by molar-refractivity contribution is 6.20. The summed E-state index contributed by atoms with van der Waals surface area (Å²) in [4.78, 5) is 0. The van der Waals surface area contributed by atoms with Gasteiger partial charge >= 0.3 is 0 Å². The molecule has 14 heavy (non-hydrogen) atoms. The van der Waals surface area contributed by atoms with Crippen LogP contribution in [0.5, 0.6) is 0 Å². The molecule has 0 heterocycles. The summed E-state index contributed by atoms with van der Waals surface area (Å²) >= 11 is 6.17. The number of ether oxygens (including phenoxy) is 1. The minimum absolute atomic E-state index is 0.402. The van der Waals surface area contributed by atoms with Gasteiger partial charge in [0, 0.05) is 18.5 Å². The van der Waals surface area contributed by atoms with E-state index >= 15 is 0 Å². The zero-order valence-electron chi connectivity index (χ0n) is 9.10. The standard InChI is InChI=1S/C11H22ClNO/c1-2-7-14-8-6-13-9-10-4-3-5-11(10)12/h10-11,13H,2-9H2,1H3. The van der Waals surface area contributed by atoms with E-state index in [4.69, 9.17) is 16.3 Å². The lowest BCUT2D eigenvalue weighted by molar-refractivity contribution is 0.136. The first-order valence-corrected chi connectivity index (χ1v) is 6.20. The van der Waals surface area contributed by atoms with E-state index in [0.29, 0.717) is 11.3 Å². The first-order chi connectivity index (χ1) is 6.84. The van der Waals surface area contributed by atoms with Gasteiger partial charge in [-0.05, 0) is 31.7 Å². The van der Waals surface area contributed by atoms with Gasteiger partial charge in [0.15, 0.2) is 0 Å². The Kier molecular flexibility index (Phi) is 6.57. The molecule has 84 valence electrons. The fourth-order valence-corrected chi connectivity index (χ4v) is 2.27. The molecule has 0 amide bonds. The summed E-state index contributed by atoms with van der Waals surface area (Å²) in [6.45, 7) is 5.85. The molecule has 1 aliphatic rings. The van der Waals surface area contributed by atoms with Crippen molar-refractivity contribution in [3.8, 4) is 0 Å². The molecular weight excluding hydrogens is 198 g/mol. The van der Waals surface area contributed by atoms with Gasteiger partial charge in [-0.25, -0.2) is 0 Å². The molecule has 3 heteroatoms. The Morgan fingerprint density at radius 3 is 2.86 bits per heavy atom. The monoisotopic (exact) mass is 219 g/mol. The maximum atomic E-state index is 6.17. The van der Waals surface area contributed by atoms with Gasteiger partial charge in [0.2, 0.25) is 0 Å². The average molecular weight is 220 g/mol. The van der Waals surface area contributed by atoms with Gasteiger partial charge in [-0.2, -0.15) is 0 Å². The third-order valence-electron chi connectivity index (χ3n) is 2.74. The number of halogens is 1. The van der Waals surface area contributed by atoms with Gasteiger partial charge in [0.25, 0.3) is 0 Å². The van der Waals surface area contributed by atoms with Crippen LogP contribution in [0.4, 0.5) is 0 Å². The molecule has 0 radical (unpaired) electrons. The van der Waals surface area contributed by atoms with Crippen molar-refractivity contribution < 1.29 is 4.74 Å². The van der Waals surface area contributed by atoms with Gasteiger partial charge in [-0.3, -0.25) is 0 Å². The summed E-state index contributed by atoms with van der Waals surface area (Å²) < 4.78 is 5.38. The molecule has 2 nitrogen and oxygen atoms in total. The molecule has 2 atom stereocenters. The lowest BCUT2D eigenvalue weighted by atomic mass is 10.1. The third kappa shape index (κ3) is 4.63. The lowest BCUT2D eigenvalue weighted by Crippen LogP contribution is -2.28. The molecule has 0 aromatic heterocycles. The van der Waals surface area contributed by atoms with Crippen LogP contribution in [0.2, 0.25) is 0 Å². The Morgan fingerprint density at radius 1 is 1.36 bits per heavy atom. The van der Waals surface area contributed by atoms with E-state index < -0.39 is 0 Å². The summed E-state index contributed by atoms with van der Waals surface area (Å²) in [5.41, 5.74) is 0. The van der Waals surface area contributed by atoms with Gasteiger partial charge in [0.05, 0.1) is 6.61 Å². The summed E-state index contributed by atoms with van der Waals surface area (Å²) in [5, 5.41) is 3.81. The van der Waals surface area contributed by atoms with Crippen LogP contribution in [0, 0.1) is 5.92 Å². The van der Waals surface area contributed by atoms with E-state index in [1.54, 1.807) is 0 Å². The largest absolute Gasteiger partial charge is 0.380 e. The van der Waals surface area contributed by atoms with Crippen molar-refractivity contribution in [2.45, 2.75) is 38.0 Å². The fraction of sp³-hybridized carbons (Fsp3) is 1.00. The second-order valence-electron chi connectivity index (χ2n) is 4.02. The molecular formula is C11H22ClNO. The van der Waals surface area contributed by atoms with Crippen molar-refractivity contribution in [1.82, 2.24) is 5.32 Å². The summed E-state index contributed by atoms with van der Waals surface area (Å²) in [6.07, 6.45) is 4.89. The molecule has 1 fully saturated rings. The minimum atomic E-state index is 0.402. The smallest absolute Gasteiger partial charge is 0.0590 e. The molecule has 1 rings (SSSR count). The Hall–Kier alpha value is 0.210. The molecule has 0 aliphatic heterocycles. The van der Waals surface area contributed by atoms with Gasteiger partial charge in [-0.15, -0.1) is 11.6 Å². The van der Waals surface area contributed by atoms with Crippen molar-refractivity contribution in [2.75, 3.05) is 26.3 Å². The van der Waals surface area contributed by atoms with Crippen LogP contribution in [-0.2, 0) is 4.74 Å². The van der Waals surface area contributed by atoms with E-state index in [1.807, 2.05) is 0 Å². The van der Waals surface area contributed by atoms with E-state index in [2.05, 4.69) is 12.2 Å². The Balaban J connectivity index is 1.88. The van der Waals surface area contributed by atoms with Gasteiger partial charge in [-0.1, -0.05) is 13.3 Å². The van der Waals surface area contributed by atoms with Crippen LogP contribution >= 0.6 is 11.6 Å². The SMILES string of the molecule is CCCOCCNCC1CCCC1Cl. The molecule has 1 saturated carbocycles. The molecule has 1 aliphatic carbocycles. The quantitative estimate of drug-likeness (QED) is 0.525. The average Bonchev–Trinajstić information content (AvgIpc) is 2.58. The molecule has 0 saturated heterocycles. The number of rotatable bonds is 7. The predicted molar refractivity (Wildman–Crippen MR) is 61.0 cm³/mol. The summed E-state index contributed by atoms with van der Waals surface area (Å²) in [5.74, 6) is 0.683. The van der Waals surface area contributed by atoms with E-state index in [9.17, 15) is 0 Å². The van der Waals surface area contributed by atoms with Crippen molar-refractivity contribution in [2.24, 2.45) is 5.92 Å². The normalized spacial score (nSPS) is 27.0. The van der Waals surface area contributed by atoms with Crippen LogP contribution in [0.25, 0.3) is 0 Å². The highest BCUT2D eigenvalue weighted by Crippen LogP contribution is 2.29. The van der Waals surface area contributed by atoms with Crippen LogP contribution in [0.15, 0.2) is 0 Å². The summed E-state index contributed by atoms with van der Waals surface area (Å²) in [7, 11) is 0. The van der Waals surface area contributed by atoms with Crippen LogP contribution < -0.4 is 5.32 Å². The van der Waals surface area contributed by atoms with Crippen molar-refractivity contribution >= 4 is 11.6 Å². The fourth-order valence-electron chi connectivity index (χ4n) is 1.90. The number of nitrogens with one attached hydrogen (secondary N) is 1. The van der Waals surface area contributed by atoms with E-state index in [0.717, 1.165) is 32.7 Å². The van der Waals surface area contributed by atoms with Crippen LogP contribution in [0.1, 0.15) is 32.6 Å². The van der Waals surface area contributed by atoms with Crippen LogP contribution in [-0.4, -0.2) is 31.7 Å². The van der Waals surface area contributed by atoms with E-state index in [-0.39, 0.29) is 0 Å². The molecule has 0 aromatic rings. The zero-order valence-corrected chi connectivity index (χ0v) is 9.85. The van der Waals surface area contributed by atoms with Gasteiger partial charge in [0.1, 0.15) is 0 Å². The zero-order chi connectivity index (χ0) is 10.2. The third-order valence-corrected chi connectivity index (χ3v) is 3.32. The van der Waals surface area contributed by atoms with Crippen molar-refractivity contribution in [3.05, 3.63) is 0 Å². The maximum Gasteiger partial charge on any atom is 0.0590 e. The second-order valence-corrected chi connectivity index (χ2v) is 4.58. The van der Waals surface area contributed by atoms with E-state index in [1.165, 1.54) is 19.3 Å². The highest BCUT2D eigenvalue weighted by atomic mass is 35.5. The molecule has 0 spiro atoms. The lowest BCUT2D eigenvalue weighted by Gasteiger charge is -2.14. The topological polar surface area (TPSA) is 21.3 Å². The predicted octanol–water partition coefficient (Wildman–Crippen LogP) is 2.41. The first-order valence-electron chi connectivity index (χ1n) is 5.77. The van der Waals surface area contributed by atoms with Crippen molar-refractivity contribution in [3.63, 3.8) is 0 Å². The number of hydrogen-bond donors (Lipinski definition) is 1. The number of alkyl halides is 1. The first kappa shape index (κ1) is 12.3. The van der Waals surface area contributed by atoms with Crippen LogP contribution in [0.3, 0.4) is 0 Å². The Bertz CT molecular complexity index is 143. The van der Waals surface area contributed by atoms with Gasteiger partial charge < -0.3 is 10.1 Å².